The van der Waals surface area contributed by atoms with Crippen LogP contribution < -0.4 is 15.8 Å². The van der Waals surface area contributed by atoms with E-state index in [4.69, 9.17) is 10.5 Å². The molecule has 0 saturated heterocycles. The Morgan fingerprint density at radius 1 is 1.15 bits per heavy atom. The molecular formula is C16H29N3O. The van der Waals surface area contributed by atoms with E-state index in [1.165, 1.54) is 38.5 Å². The van der Waals surface area contributed by atoms with E-state index in [2.05, 4.69) is 17.2 Å². The molecule has 114 valence electrons. The standard InChI is InChI=1S/C16H29N3O/c1-4-5-6-7-8-9-12-18-15-11-10-14(17)16(19-15)20-13(2)3/h10-11,13H,4-9,12,17H2,1-3H3,(H,18,19). The smallest absolute Gasteiger partial charge is 0.239 e. The number of ether oxygens (including phenoxy) is 1. The third kappa shape index (κ3) is 6.64. The molecule has 0 aromatic carbocycles. The van der Waals surface area contributed by atoms with E-state index < -0.39 is 0 Å². The molecule has 3 N–H and O–H groups in total. The molecule has 0 radical (unpaired) electrons. The second-order valence-electron chi connectivity index (χ2n) is 5.45. The lowest BCUT2D eigenvalue weighted by Crippen LogP contribution is -2.10. The molecule has 0 aliphatic carbocycles. The van der Waals surface area contributed by atoms with E-state index in [-0.39, 0.29) is 6.10 Å². The lowest BCUT2D eigenvalue weighted by Gasteiger charge is -2.13. The minimum absolute atomic E-state index is 0.0821. The normalized spacial score (nSPS) is 10.8. The second-order valence-corrected chi connectivity index (χ2v) is 5.45. The number of hydrogen-bond donors (Lipinski definition) is 2. The maximum atomic E-state index is 5.85. The van der Waals surface area contributed by atoms with Gasteiger partial charge in [-0.3, -0.25) is 0 Å². The molecule has 0 aliphatic heterocycles. The topological polar surface area (TPSA) is 60.2 Å². The summed E-state index contributed by atoms with van der Waals surface area (Å²) in [5, 5.41) is 3.33. The number of unbranched alkanes of at least 4 members (excludes halogenated alkanes) is 5. The van der Waals surface area contributed by atoms with Crippen molar-refractivity contribution in [1.82, 2.24) is 4.98 Å². The third-order valence-corrected chi connectivity index (χ3v) is 3.07. The first-order chi connectivity index (χ1) is 9.63. The predicted octanol–water partition coefficient (Wildman–Crippen LogP) is 4.22. The molecule has 4 heteroatoms. The van der Waals surface area contributed by atoms with Gasteiger partial charge in [0.2, 0.25) is 5.88 Å². The molecule has 0 atom stereocenters. The van der Waals surface area contributed by atoms with Crippen molar-refractivity contribution in [3.63, 3.8) is 0 Å². The first-order valence-corrected chi connectivity index (χ1v) is 7.80. The molecule has 1 aromatic rings. The van der Waals surface area contributed by atoms with Gasteiger partial charge in [-0.15, -0.1) is 0 Å². The number of nitrogens with two attached hydrogens (primary N) is 1. The zero-order valence-corrected chi connectivity index (χ0v) is 13.1. The van der Waals surface area contributed by atoms with Crippen molar-refractivity contribution in [3.8, 4) is 5.88 Å². The summed E-state index contributed by atoms with van der Waals surface area (Å²) in [6.07, 6.45) is 7.86. The molecule has 0 spiro atoms. The average Bonchev–Trinajstić information content (AvgIpc) is 2.40. The van der Waals surface area contributed by atoms with Crippen molar-refractivity contribution in [2.75, 3.05) is 17.6 Å². The quantitative estimate of drug-likeness (QED) is 0.629. The van der Waals surface area contributed by atoms with E-state index in [0.29, 0.717) is 11.6 Å². The van der Waals surface area contributed by atoms with Crippen LogP contribution in [-0.2, 0) is 0 Å². The van der Waals surface area contributed by atoms with Crippen LogP contribution in [0.4, 0.5) is 11.5 Å². The highest BCUT2D eigenvalue weighted by Crippen LogP contribution is 2.22. The Morgan fingerprint density at radius 2 is 1.85 bits per heavy atom. The van der Waals surface area contributed by atoms with Gasteiger partial charge in [0.15, 0.2) is 0 Å². The van der Waals surface area contributed by atoms with Crippen molar-refractivity contribution >= 4 is 11.5 Å². The fourth-order valence-corrected chi connectivity index (χ4v) is 1.99. The summed E-state index contributed by atoms with van der Waals surface area (Å²) in [6, 6.07) is 3.74. The molecule has 0 saturated carbocycles. The third-order valence-electron chi connectivity index (χ3n) is 3.07. The predicted molar refractivity (Wildman–Crippen MR) is 86.3 cm³/mol. The summed E-state index contributed by atoms with van der Waals surface area (Å²) in [6.45, 7) is 7.13. The summed E-state index contributed by atoms with van der Waals surface area (Å²) in [5.74, 6) is 1.36. The van der Waals surface area contributed by atoms with E-state index >= 15 is 0 Å². The minimum Gasteiger partial charge on any atom is -0.473 e. The molecule has 1 heterocycles. The van der Waals surface area contributed by atoms with Crippen LogP contribution in [0.15, 0.2) is 12.1 Å². The van der Waals surface area contributed by atoms with Crippen molar-refractivity contribution in [1.29, 1.82) is 0 Å². The molecule has 0 amide bonds. The number of pyridine rings is 1. The Bertz CT molecular complexity index is 380. The van der Waals surface area contributed by atoms with Gasteiger partial charge in [0.05, 0.1) is 11.8 Å². The van der Waals surface area contributed by atoms with E-state index in [9.17, 15) is 0 Å². The van der Waals surface area contributed by atoms with E-state index in [1.54, 1.807) is 0 Å². The lowest BCUT2D eigenvalue weighted by molar-refractivity contribution is 0.234. The highest BCUT2D eigenvalue weighted by molar-refractivity contribution is 5.53. The zero-order valence-electron chi connectivity index (χ0n) is 13.1. The monoisotopic (exact) mass is 279 g/mol. The number of anilines is 2. The zero-order chi connectivity index (χ0) is 14.8. The van der Waals surface area contributed by atoms with Crippen LogP contribution in [0.3, 0.4) is 0 Å². The Hall–Kier alpha value is -1.45. The van der Waals surface area contributed by atoms with Crippen LogP contribution in [-0.4, -0.2) is 17.6 Å². The molecule has 1 rings (SSSR count). The van der Waals surface area contributed by atoms with Crippen LogP contribution in [0.5, 0.6) is 5.88 Å². The van der Waals surface area contributed by atoms with E-state index in [0.717, 1.165) is 12.4 Å². The molecule has 1 aromatic heterocycles. The van der Waals surface area contributed by atoms with E-state index in [1.807, 2.05) is 26.0 Å². The average molecular weight is 279 g/mol. The van der Waals surface area contributed by atoms with Crippen molar-refractivity contribution in [2.45, 2.75) is 65.4 Å². The van der Waals surface area contributed by atoms with Crippen LogP contribution in [0.25, 0.3) is 0 Å². The maximum absolute atomic E-state index is 5.85. The number of aromatic nitrogens is 1. The van der Waals surface area contributed by atoms with Crippen LogP contribution in [0.1, 0.15) is 59.3 Å². The number of nitrogens with one attached hydrogen (secondary N) is 1. The second kappa shape index (κ2) is 9.45. The van der Waals surface area contributed by atoms with Gasteiger partial charge in [-0.05, 0) is 32.4 Å². The first-order valence-electron chi connectivity index (χ1n) is 7.80. The van der Waals surface area contributed by atoms with Gasteiger partial charge in [0.1, 0.15) is 5.82 Å². The van der Waals surface area contributed by atoms with Gasteiger partial charge < -0.3 is 15.8 Å². The van der Waals surface area contributed by atoms with Crippen LogP contribution in [0.2, 0.25) is 0 Å². The molecule has 4 nitrogen and oxygen atoms in total. The summed E-state index contributed by atoms with van der Waals surface area (Å²) >= 11 is 0. The summed E-state index contributed by atoms with van der Waals surface area (Å²) in [5.41, 5.74) is 6.43. The lowest BCUT2D eigenvalue weighted by atomic mass is 10.1. The summed E-state index contributed by atoms with van der Waals surface area (Å²) in [7, 11) is 0. The molecular weight excluding hydrogens is 250 g/mol. The molecule has 0 unspecified atom stereocenters. The molecule has 20 heavy (non-hydrogen) atoms. The number of rotatable bonds is 10. The maximum Gasteiger partial charge on any atom is 0.239 e. The molecule has 0 bridgehead atoms. The van der Waals surface area contributed by atoms with Crippen LogP contribution in [0, 0.1) is 0 Å². The van der Waals surface area contributed by atoms with Gasteiger partial charge in [-0.1, -0.05) is 39.0 Å². The largest absolute Gasteiger partial charge is 0.473 e. The number of nitrogens with zero attached hydrogens (tertiary/aromatic N) is 1. The Kier molecular flexibility index (Phi) is 7.85. The number of hydrogen-bond acceptors (Lipinski definition) is 4. The fourth-order valence-electron chi connectivity index (χ4n) is 1.99. The summed E-state index contributed by atoms with van der Waals surface area (Å²) in [4.78, 5) is 4.40. The van der Waals surface area contributed by atoms with Gasteiger partial charge in [0, 0.05) is 6.54 Å². The highest BCUT2D eigenvalue weighted by atomic mass is 16.5. The van der Waals surface area contributed by atoms with Crippen molar-refractivity contribution in [2.24, 2.45) is 0 Å². The minimum atomic E-state index is 0.0821. The molecule has 0 aliphatic rings. The number of nitrogen functional groups attached to an aromatic ring is 1. The Balaban J connectivity index is 2.29. The van der Waals surface area contributed by atoms with Gasteiger partial charge in [-0.2, -0.15) is 4.98 Å². The Morgan fingerprint density at radius 3 is 2.55 bits per heavy atom. The highest BCUT2D eigenvalue weighted by Gasteiger charge is 2.06. The molecule has 0 fully saturated rings. The van der Waals surface area contributed by atoms with Crippen LogP contribution >= 0.6 is 0 Å². The first kappa shape index (κ1) is 16.6. The van der Waals surface area contributed by atoms with Gasteiger partial charge >= 0.3 is 0 Å². The fraction of sp³-hybridized carbons (Fsp3) is 0.688. The Labute approximate surface area is 123 Å². The van der Waals surface area contributed by atoms with Crippen molar-refractivity contribution < 1.29 is 4.74 Å². The van der Waals surface area contributed by atoms with Crippen molar-refractivity contribution in [3.05, 3.63) is 12.1 Å². The van der Waals surface area contributed by atoms with Gasteiger partial charge in [0.25, 0.3) is 0 Å². The van der Waals surface area contributed by atoms with Gasteiger partial charge in [-0.25, -0.2) is 0 Å². The SMILES string of the molecule is CCCCCCCCNc1ccc(N)c(OC(C)C)n1. The summed E-state index contributed by atoms with van der Waals surface area (Å²) < 4.78 is 5.58.